The minimum absolute atomic E-state index is 0.468. The normalized spacial score (nSPS) is 17.2. The molecule has 0 saturated heterocycles. The van der Waals surface area contributed by atoms with E-state index >= 15 is 0 Å². The van der Waals surface area contributed by atoms with E-state index in [1.807, 2.05) is 6.92 Å². The minimum atomic E-state index is -0.577. The van der Waals surface area contributed by atoms with Crippen LogP contribution in [0.2, 0.25) is 0 Å². The van der Waals surface area contributed by atoms with E-state index in [1.54, 1.807) is 0 Å². The Bertz CT molecular complexity index is 198. The van der Waals surface area contributed by atoms with Gasteiger partial charge in [-0.1, -0.05) is 13.3 Å². The van der Waals surface area contributed by atoms with E-state index in [1.165, 1.54) is 0 Å². The summed E-state index contributed by atoms with van der Waals surface area (Å²) in [6, 6.07) is 0.468. The van der Waals surface area contributed by atoms with Crippen LogP contribution in [0, 0.1) is 0 Å². The van der Waals surface area contributed by atoms with Gasteiger partial charge in [0.05, 0.1) is 12.2 Å². The summed E-state index contributed by atoms with van der Waals surface area (Å²) in [7, 11) is 8.31. The van der Waals surface area contributed by atoms with Gasteiger partial charge in [-0.2, -0.15) is 0 Å². The number of hydrogen-bond acceptors (Lipinski definition) is 4. The molecular weight excluding hydrogens is 228 g/mol. The molecule has 3 unspecified atom stereocenters. The summed E-state index contributed by atoms with van der Waals surface area (Å²) in [6.07, 6.45) is 3.16. The molecule has 0 aliphatic heterocycles. The first-order valence-electron chi connectivity index (χ1n) is 7.05. The van der Waals surface area contributed by atoms with Gasteiger partial charge >= 0.3 is 0 Å². The SMILES string of the molecule is CCCC(O)C(O)CCC(CCN(C)C)N(C)C. The minimum Gasteiger partial charge on any atom is -0.390 e. The molecule has 0 fully saturated rings. The van der Waals surface area contributed by atoms with Crippen molar-refractivity contribution in [1.29, 1.82) is 0 Å². The average Bonchev–Trinajstić information content (AvgIpc) is 2.27. The van der Waals surface area contributed by atoms with Crippen LogP contribution in [-0.4, -0.2) is 73.0 Å². The Balaban J connectivity index is 4.02. The molecule has 110 valence electrons. The largest absolute Gasteiger partial charge is 0.390 e. The summed E-state index contributed by atoms with van der Waals surface area (Å²) < 4.78 is 0. The van der Waals surface area contributed by atoms with Gasteiger partial charge < -0.3 is 20.0 Å². The van der Waals surface area contributed by atoms with Crippen molar-refractivity contribution in [3.05, 3.63) is 0 Å². The Morgan fingerprint density at radius 2 is 1.39 bits per heavy atom. The van der Waals surface area contributed by atoms with Crippen molar-refractivity contribution in [2.45, 2.75) is 57.3 Å². The standard InChI is InChI=1S/C14H32N2O2/c1-6-7-13(17)14(18)9-8-12(16(4)5)10-11-15(2)3/h12-14,17-18H,6-11H2,1-5H3. The van der Waals surface area contributed by atoms with Crippen molar-refractivity contribution >= 4 is 0 Å². The van der Waals surface area contributed by atoms with Gasteiger partial charge in [-0.05, 0) is 60.4 Å². The Labute approximate surface area is 113 Å². The number of rotatable bonds is 10. The van der Waals surface area contributed by atoms with Crippen molar-refractivity contribution in [2.24, 2.45) is 0 Å². The number of hydrogen-bond donors (Lipinski definition) is 2. The fraction of sp³-hybridized carbons (Fsp3) is 1.00. The van der Waals surface area contributed by atoms with Crippen LogP contribution in [0.15, 0.2) is 0 Å². The van der Waals surface area contributed by atoms with Crippen LogP contribution in [0.4, 0.5) is 0 Å². The molecule has 0 heterocycles. The Kier molecular flexibility index (Phi) is 9.64. The maximum absolute atomic E-state index is 9.88. The van der Waals surface area contributed by atoms with E-state index < -0.39 is 12.2 Å². The van der Waals surface area contributed by atoms with Crippen LogP contribution >= 0.6 is 0 Å². The molecule has 0 aliphatic carbocycles. The second-order valence-corrected chi connectivity index (χ2v) is 5.71. The smallest absolute Gasteiger partial charge is 0.0799 e. The summed E-state index contributed by atoms with van der Waals surface area (Å²) in [4.78, 5) is 4.39. The number of nitrogens with zero attached hydrogens (tertiary/aromatic N) is 2. The van der Waals surface area contributed by atoms with E-state index in [2.05, 4.69) is 38.0 Å². The summed E-state index contributed by atoms with van der Waals surface area (Å²) in [5.41, 5.74) is 0. The van der Waals surface area contributed by atoms with Crippen molar-refractivity contribution in [1.82, 2.24) is 9.80 Å². The molecule has 0 rings (SSSR count). The van der Waals surface area contributed by atoms with Gasteiger partial charge in [0.1, 0.15) is 0 Å². The zero-order chi connectivity index (χ0) is 14.1. The quantitative estimate of drug-likeness (QED) is 0.619. The van der Waals surface area contributed by atoms with Gasteiger partial charge in [0.15, 0.2) is 0 Å². The first-order chi connectivity index (χ1) is 8.38. The Hall–Kier alpha value is -0.160. The van der Waals surface area contributed by atoms with Crippen LogP contribution in [0.5, 0.6) is 0 Å². The van der Waals surface area contributed by atoms with Crippen LogP contribution in [-0.2, 0) is 0 Å². The van der Waals surface area contributed by atoms with Crippen LogP contribution in [0.1, 0.15) is 39.0 Å². The summed E-state index contributed by atoms with van der Waals surface area (Å²) in [5.74, 6) is 0. The molecular formula is C14H32N2O2. The van der Waals surface area contributed by atoms with Crippen molar-refractivity contribution in [2.75, 3.05) is 34.7 Å². The van der Waals surface area contributed by atoms with Crippen LogP contribution < -0.4 is 0 Å². The van der Waals surface area contributed by atoms with Gasteiger partial charge in [-0.3, -0.25) is 0 Å². The lowest BCUT2D eigenvalue weighted by molar-refractivity contribution is 0.00469. The average molecular weight is 260 g/mol. The Morgan fingerprint density at radius 3 is 1.83 bits per heavy atom. The lowest BCUT2D eigenvalue weighted by Gasteiger charge is -2.27. The second kappa shape index (κ2) is 9.73. The zero-order valence-corrected chi connectivity index (χ0v) is 12.8. The van der Waals surface area contributed by atoms with E-state index in [9.17, 15) is 10.2 Å². The highest BCUT2D eigenvalue weighted by atomic mass is 16.3. The third-order valence-electron chi connectivity index (χ3n) is 3.46. The predicted octanol–water partition coefficient (Wildman–Crippen LogP) is 1.17. The number of aliphatic hydroxyl groups is 2. The zero-order valence-electron chi connectivity index (χ0n) is 12.8. The molecule has 18 heavy (non-hydrogen) atoms. The molecule has 0 aromatic rings. The summed E-state index contributed by atoms with van der Waals surface area (Å²) >= 11 is 0. The van der Waals surface area contributed by atoms with E-state index in [4.69, 9.17) is 0 Å². The fourth-order valence-corrected chi connectivity index (χ4v) is 2.11. The lowest BCUT2D eigenvalue weighted by atomic mass is 9.99. The molecule has 0 saturated carbocycles. The summed E-state index contributed by atoms with van der Waals surface area (Å²) in [5, 5.41) is 19.6. The summed E-state index contributed by atoms with van der Waals surface area (Å²) in [6.45, 7) is 3.08. The monoisotopic (exact) mass is 260 g/mol. The van der Waals surface area contributed by atoms with Crippen molar-refractivity contribution in [3.63, 3.8) is 0 Å². The Morgan fingerprint density at radius 1 is 0.833 bits per heavy atom. The van der Waals surface area contributed by atoms with Crippen LogP contribution in [0.3, 0.4) is 0 Å². The molecule has 0 amide bonds. The van der Waals surface area contributed by atoms with Gasteiger partial charge in [0.2, 0.25) is 0 Å². The highest BCUT2D eigenvalue weighted by molar-refractivity contribution is 4.73. The maximum atomic E-state index is 9.88. The van der Waals surface area contributed by atoms with E-state index in [0.29, 0.717) is 18.9 Å². The highest BCUT2D eigenvalue weighted by Gasteiger charge is 2.18. The van der Waals surface area contributed by atoms with Gasteiger partial charge in [-0.25, -0.2) is 0 Å². The van der Waals surface area contributed by atoms with Crippen molar-refractivity contribution in [3.8, 4) is 0 Å². The molecule has 0 aromatic carbocycles. The predicted molar refractivity (Wildman–Crippen MR) is 76.8 cm³/mol. The van der Waals surface area contributed by atoms with Gasteiger partial charge in [-0.15, -0.1) is 0 Å². The van der Waals surface area contributed by atoms with Crippen molar-refractivity contribution < 1.29 is 10.2 Å². The maximum Gasteiger partial charge on any atom is 0.0799 e. The van der Waals surface area contributed by atoms with Gasteiger partial charge in [0, 0.05) is 6.04 Å². The fourth-order valence-electron chi connectivity index (χ4n) is 2.11. The van der Waals surface area contributed by atoms with Crippen LogP contribution in [0.25, 0.3) is 0 Å². The van der Waals surface area contributed by atoms with E-state index in [-0.39, 0.29) is 0 Å². The molecule has 0 bridgehead atoms. The van der Waals surface area contributed by atoms with E-state index in [0.717, 1.165) is 25.8 Å². The second-order valence-electron chi connectivity index (χ2n) is 5.71. The first kappa shape index (κ1) is 17.8. The highest BCUT2D eigenvalue weighted by Crippen LogP contribution is 2.14. The molecule has 3 atom stereocenters. The third kappa shape index (κ3) is 8.03. The molecule has 0 radical (unpaired) electrons. The molecule has 0 aliphatic rings. The van der Waals surface area contributed by atoms with Gasteiger partial charge in [0.25, 0.3) is 0 Å². The molecule has 0 spiro atoms. The molecule has 4 nitrogen and oxygen atoms in total. The first-order valence-corrected chi connectivity index (χ1v) is 7.05. The third-order valence-corrected chi connectivity index (χ3v) is 3.46. The molecule has 0 aromatic heterocycles. The topological polar surface area (TPSA) is 46.9 Å². The lowest BCUT2D eigenvalue weighted by Crippen LogP contribution is -2.34. The molecule has 4 heteroatoms. The number of aliphatic hydroxyl groups excluding tert-OH is 2. The molecule has 2 N–H and O–H groups in total.